The Morgan fingerprint density at radius 2 is 1.23 bits per heavy atom. The maximum absolute atomic E-state index is 10.6. The van der Waals surface area contributed by atoms with Crippen molar-refractivity contribution in [2.75, 3.05) is 4.90 Å². The summed E-state index contributed by atoms with van der Waals surface area (Å²) in [5, 5.41) is 17.8. The van der Waals surface area contributed by atoms with Gasteiger partial charge < -0.3 is 9.47 Å². The molecular weight excluding hydrogens is 745 g/mol. The number of hydrogen-bond acceptors (Lipinski definition) is 5. The van der Waals surface area contributed by atoms with Gasteiger partial charge in [-0.2, -0.15) is 5.26 Å². The van der Waals surface area contributed by atoms with Gasteiger partial charge in [-0.3, -0.25) is 4.90 Å². The molecule has 1 aromatic heterocycles. The lowest BCUT2D eigenvalue weighted by molar-refractivity contribution is 0.461. The minimum Gasteiger partial charge on any atom is -0.458 e. The van der Waals surface area contributed by atoms with E-state index in [-0.39, 0.29) is 6.71 Å². The van der Waals surface area contributed by atoms with Crippen LogP contribution in [0.2, 0.25) is 0 Å². The Hall–Kier alpha value is -8.14. The van der Waals surface area contributed by atoms with E-state index in [1.807, 2.05) is 36.5 Å². The largest absolute Gasteiger partial charge is 0.458 e. The fourth-order valence-electron chi connectivity index (χ4n) is 11.3. The summed E-state index contributed by atoms with van der Waals surface area (Å²) in [6.07, 6.45) is 2.04. The van der Waals surface area contributed by atoms with Gasteiger partial charge >= 0.3 is 0 Å². The van der Waals surface area contributed by atoms with Crippen molar-refractivity contribution in [2.24, 2.45) is 0 Å². The molecule has 0 saturated carbocycles. The van der Waals surface area contributed by atoms with Crippen molar-refractivity contribution >= 4 is 72.6 Å². The monoisotopic (exact) mass is 775 g/mol. The molecule has 9 aromatic carbocycles. The first-order valence-corrected chi connectivity index (χ1v) is 20.7. The van der Waals surface area contributed by atoms with Crippen LogP contribution in [0.3, 0.4) is 0 Å². The molecular formula is C55H30BN3O2. The maximum atomic E-state index is 10.6. The molecule has 1 atom stereocenters. The predicted molar refractivity (Wildman–Crippen MR) is 245 cm³/mol. The Kier molecular flexibility index (Phi) is 6.31. The lowest BCUT2D eigenvalue weighted by atomic mass is 9.29. The number of para-hydroxylation sites is 1. The molecule has 4 aliphatic rings. The Morgan fingerprint density at radius 3 is 2.08 bits per heavy atom. The molecule has 0 N–H and O–H groups in total. The van der Waals surface area contributed by atoms with Crippen LogP contribution in [0.25, 0.3) is 43.4 Å². The number of nitriles is 1. The van der Waals surface area contributed by atoms with Crippen molar-refractivity contribution in [1.82, 2.24) is 4.98 Å². The molecule has 0 radical (unpaired) electrons. The Morgan fingerprint density at radius 1 is 0.541 bits per heavy atom. The van der Waals surface area contributed by atoms with Gasteiger partial charge in [-0.05, 0) is 120 Å². The summed E-state index contributed by atoms with van der Waals surface area (Å²) in [6.45, 7) is -0.159. The Bertz CT molecular complexity index is 3630. The molecule has 61 heavy (non-hydrogen) atoms. The van der Waals surface area contributed by atoms with E-state index in [9.17, 15) is 5.26 Å². The first-order chi connectivity index (χ1) is 30.2. The number of aromatic nitrogens is 1. The minimum atomic E-state index is -0.772. The zero-order chi connectivity index (χ0) is 40.0. The Balaban J connectivity index is 1.06. The zero-order valence-corrected chi connectivity index (χ0v) is 32.6. The molecule has 1 spiro atoms. The van der Waals surface area contributed by atoms with Crippen LogP contribution in [0.1, 0.15) is 27.8 Å². The number of fused-ring (bicyclic) bond motifs is 5. The number of ether oxygens (including phenoxy) is 2. The van der Waals surface area contributed by atoms with Crippen molar-refractivity contribution in [3.8, 4) is 40.2 Å². The standard InChI is InChI=1S/C55H30BN3O2/c57-30-35-25-28-42-52-54(35)61-46-21-9-20-45-53(46)56(52)51-41(17-8-19-44(51)60-45)55(42)40-16-6-12-33-22-23-34-24-27-39(50(55)49(34)48(33)40)36-26-29-47(58-31-36)59(37-13-2-1-3-14-37)43-18-7-11-32-10-4-5-15-38(32)43/h1-29,31H. The van der Waals surface area contributed by atoms with Gasteiger partial charge in [0.2, 0.25) is 0 Å². The summed E-state index contributed by atoms with van der Waals surface area (Å²) in [4.78, 5) is 7.57. The lowest BCUT2D eigenvalue weighted by Gasteiger charge is -2.47. The van der Waals surface area contributed by atoms with Gasteiger partial charge in [-0.1, -0.05) is 121 Å². The fourth-order valence-corrected chi connectivity index (χ4v) is 11.3. The van der Waals surface area contributed by atoms with Crippen molar-refractivity contribution in [3.05, 3.63) is 210 Å². The molecule has 1 unspecified atom stereocenters. The minimum absolute atomic E-state index is 0.159. The second-order valence-corrected chi connectivity index (χ2v) is 16.4. The SMILES string of the molecule is N#Cc1ccc2c3c1Oc1cccc4c1B3c1c(cccc1C21c2cccc3ccc5ccc(-c6ccc(N(c7ccccc7)c7cccc8ccccc78)nc6)c1c5c23)O4. The molecule has 0 bridgehead atoms. The van der Waals surface area contributed by atoms with Crippen molar-refractivity contribution in [1.29, 1.82) is 5.26 Å². The highest BCUT2D eigenvalue weighted by Gasteiger charge is 2.57. The first kappa shape index (κ1) is 32.8. The lowest BCUT2D eigenvalue weighted by Crippen LogP contribution is -2.65. The summed E-state index contributed by atoms with van der Waals surface area (Å²) < 4.78 is 13.7. The molecule has 0 amide bonds. The number of pyridine rings is 1. The molecule has 3 aliphatic heterocycles. The highest BCUT2D eigenvalue weighted by molar-refractivity contribution is 6.99. The van der Waals surface area contributed by atoms with Crippen LogP contribution >= 0.6 is 0 Å². The van der Waals surface area contributed by atoms with Crippen LogP contribution in [0.15, 0.2) is 182 Å². The molecule has 10 aromatic rings. The van der Waals surface area contributed by atoms with Gasteiger partial charge in [0.25, 0.3) is 6.71 Å². The smallest absolute Gasteiger partial charge is 0.261 e. The normalized spacial score (nSPS) is 15.5. The summed E-state index contributed by atoms with van der Waals surface area (Å²) >= 11 is 0. The number of hydrogen-bond donors (Lipinski definition) is 0. The van der Waals surface area contributed by atoms with Crippen LogP contribution in [0.5, 0.6) is 23.0 Å². The van der Waals surface area contributed by atoms with Crippen LogP contribution < -0.4 is 30.8 Å². The van der Waals surface area contributed by atoms with E-state index < -0.39 is 5.41 Å². The van der Waals surface area contributed by atoms with Gasteiger partial charge in [0.15, 0.2) is 0 Å². The molecule has 0 saturated heterocycles. The van der Waals surface area contributed by atoms with E-state index in [1.165, 1.54) is 43.6 Å². The average molecular weight is 776 g/mol. The zero-order valence-electron chi connectivity index (χ0n) is 32.6. The van der Waals surface area contributed by atoms with Crippen LogP contribution in [0, 0.1) is 11.3 Å². The Labute approximate surface area is 351 Å². The second kappa shape index (κ2) is 11.8. The van der Waals surface area contributed by atoms with E-state index in [2.05, 4.69) is 157 Å². The number of nitrogens with zero attached hydrogens (tertiary/aromatic N) is 3. The topological polar surface area (TPSA) is 58.4 Å². The second-order valence-electron chi connectivity index (χ2n) is 16.4. The number of anilines is 3. The predicted octanol–water partition coefficient (Wildman–Crippen LogP) is 11.3. The third-order valence-corrected chi connectivity index (χ3v) is 13.6. The molecule has 280 valence electrons. The summed E-state index contributed by atoms with van der Waals surface area (Å²) in [6, 6.07) is 64.8. The van der Waals surface area contributed by atoms with Crippen molar-refractivity contribution in [3.63, 3.8) is 0 Å². The third-order valence-electron chi connectivity index (χ3n) is 13.6. The van der Waals surface area contributed by atoms with E-state index in [1.54, 1.807) is 0 Å². The quantitative estimate of drug-likeness (QED) is 0.132. The average Bonchev–Trinajstić information content (AvgIpc) is 3.63. The molecule has 5 nitrogen and oxygen atoms in total. The molecule has 6 heteroatoms. The first-order valence-electron chi connectivity index (χ1n) is 20.7. The van der Waals surface area contributed by atoms with Crippen LogP contribution in [-0.2, 0) is 5.41 Å². The summed E-state index contributed by atoms with van der Waals surface area (Å²) in [7, 11) is 0. The number of rotatable bonds is 4. The van der Waals surface area contributed by atoms with Gasteiger partial charge in [0, 0.05) is 28.3 Å². The number of benzene rings is 9. The highest BCUT2D eigenvalue weighted by Crippen LogP contribution is 2.60. The van der Waals surface area contributed by atoms with Crippen LogP contribution in [-0.4, -0.2) is 11.7 Å². The fraction of sp³-hybridized carbons (Fsp3) is 0.0182. The van der Waals surface area contributed by atoms with Gasteiger partial charge in [-0.15, -0.1) is 0 Å². The maximum Gasteiger partial charge on any atom is 0.261 e. The summed E-state index contributed by atoms with van der Waals surface area (Å²) in [5.41, 5.74) is 11.9. The van der Waals surface area contributed by atoms with E-state index in [0.29, 0.717) is 11.3 Å². The molecule has 14 rings (SSSR count). The van der Waals surface area contributed by atoms with Crippen LogP contribution in [0.4, 0.5) is 17.2 Å². The van der Waals surface area contributed by atoms with E-state index in [0.717, 1.165) is 72.9 Å². The van der Waals surface area contributed by atoms with Gasteiger partial charge in [0.1, 0.15) is 34.9 Å². The van der Waals surface area contributed by atoms with Crippen molar-refractivity contribution in [2.45, 2.75) is 5.41 Å². The summed E-state index contributed by atoms with van der Waals surface area (Å²) in [5.74, 6) is 3.82. The third kappa shape index (κ3) is 4.08. The van der Waals surface area contributed by atoms with E-state index in [4.69, 9.17) is 14.5 Å². The highest BCUT2D eigenvalue weighted by atomic mass is 16.5. The van der Waals surface area contributed by atoms with Gasteiger partial charge in [-0.25, -0.2) is 4.98 Å². The van der Waals surface area contributed by atoms with E-state index >= 15 is 0 Å². The van der Waals surface area contributed by atoms with Gasteiger partial charge in [0.05, 0.1) is 16.7 Å². The van der Waals surface area contributed by atoms with Crippen molar-refractivity contribution < 1.29 is 9.47 Å². The molecule has 0 fully saturated rings. The molecule has 4 heterocycles. The molecule has 1 aliphatic carbocycles.